The smallest absolute Gasteiger partial charge is 0.241 e. The Morgan fingerprint density at radius 2 is 1.61 bits per heavy atom. The van der Waals surface area contributed by atoms with Gasteiger partial charge in [0.05, 0.1) is 19.9 Å². The first-order chi connectivity index (χ1) is 14.9. The molecule has 3 rings (SSSR count). The number of benzene rings is 2. The number of methoxy groups -OCH3 is 2. The highest BCUT2D eigenvalue weighted by Gasteiger charge is 2.19. The van der Waals surface area contributed by atoms with Crippen LogP contribution in [0.4, 0.5) is 5.69 Å². The highest BCUT2D eigenvalue weighted by Crippen LogP contribution is 2.28. The summed E-state index contributed by atoms with van der Waals surface area (Å²) in [7, 11) is -0.627. The molecular weight excluding hydrogens is 414 g/mol. The van der Waals surface area contributed by atoms with Crippen LogP contribution < -0.4 is 19.5 Å². The minimum absolute atomic E-state index is 0.0559. The van der Waals surface area contributed by atoms with Gasteiger partial charge in [-0.3, -0.25) is 4.90 Å². The molecular formula is C23H33N3O4S. The van der Waals surface area contributed by atoms with Gasteiger partial charge in [0.15, 0.2) is 0 Å². The van der Waals surface area contributed by atoms with Crippen LogP contribution in [0.1, 0.15) is 24.8 Å². The number of piperazine rings is 1. The summed E-state index contributed by atoms with van der Waals surface area (Å²) in [6.45, 7) is 5.19. The molecule has 0 radical (unpaired) electrons. The topological polar surface area (TPSA) is 85.1 Å². The van der Waals surface area contributed by atoms with Gasteiger partial charge >= 0.3 is 0 Å². The monoisotopic (exact) mass is 447 g/mol. The first-order valence-corrected chi connectivity index (χ1v) is 12.3. The number of rotatable bonds is 10. The summed E-state index contributed by atoms with van der Waals surface area (Å²) in [5, 5.41) is 5.30. The van der Waals surface area contributed by atoms with Crippen molar-refractivity contribution < 1.29 is 17.9 Å². The summed E-state index contributed by atoms with van der Waals surface area (Å²) >= 11 is 0. The van der Waals surface area contributed by atoms with E-state index < -0.39 is 10.0 Å². The quantitative estimate of drug-likeness (QED) is 0.564. The summed E-state index contributed by atoms with van der Waals surface area (Å²) in [6.07, 6.45) is 4.07. The molecule has 1 heterocycles. The lowest BCUT2D eigenvalue weighted by molar-refractivity contribution is 0.251. The first kappa shape index (κ1) is 23.4. The molecule has 0 bridgehead atoms. The average molecular weight is 448 g/mol. The lowest BCUT2D eigenvalue weighted by Crippen LogP contribution is -2.46. The Morgan fingerprint density at radius 1 is 0.903 bits per heavy atom. The molecule has 0 aliphatic carbocycles. The van der Waals surface area contributed by atoms with Crippen molar-refractivity contribution in [3.05, 3.63) is 48.0 Å². The van der Waals surface area contributed by atoms with E-state index in [0.717, 1.165) is 69.7 Å². The van der Waals surface area contributed by atoms with Crippen molar-refractivity contribution in [2.45, 2.75) is 30.6 Å². The molecule has 1 fully saturated rings. The fourth-order valence-electron chi connectivity index (χ4n) is 4.04. The highest BCUT2D eigenvalue weighted by molar-refractivity contribution is 7.89. The number of nitrogens with two attached hydrogens (primary N) is 1. The van der Waals surface area contributed by atoms with E-state index in [1.165, 1.54) is 12.8 Å². The van der Waals surface area contributed by atoms with Gasteiger partial charge < -0.3 is 14.4 Å². The lowest BCUT2D eigenvalue weighted by Gasteiger charge is -2.36. The van der Waals surface area contributed by atoms with E-state index in [9.17, 15) is 8.42 Å². The van der Waals surface area contributed by atoms with Crippen LogP contribution in [0.5, 0.6) is 11.5 Å². The number of para-hydroxylation sites is 2. The molecule has 2 aromatic rings. The Balaban J connectivity index is 1.40. The third kappa shape index (κ3) is 6.35. The molecule has 1 saturated heterocycles. The van der Waals surface area contributed by atoms with Crippen molar-refractivity contribution in [2.24, 2.45) is 5.14 Å². The van der Waals surface area contributed by atoms with E-state index in [4.69, 9.17) is 14.6 Å². The second-order valence-corrected chi connectivity index (χ2v) is 9.37. The third-order valence-corrected chi connectivity index (χ3v) is 6.70. The molecule has 2 aromatic carbocycles. The number of primary sulfonamides is 1. The Labute approximate surface area is 185 Å². The van der Waals surface area contributed by atoms with Crippen LogP contribution in [0, 0.1) is 0 Å². The first-order valence-electron chi connectivity index (χ1n) is 10.7. The lowest BCUT2D eigenvalue weighted by atomic mass is 10.1. The van der Waals surface area contributed by atoms with Gasteiger partial charge in [0.1, 0.15) is 16.4 Å². The molecule has 7 nitrogen and oxygen atoms in total. The fourth-order valence-corrected chi connectivity index (χ4v) is 4.79. The summed E-state index contributed by atoms with van der Waals surface area (Å²) in [5.74, 6) is 1.22. The fraction of sp³-hybridized carbons (Fsp3) is 0.478. The Bertz CT molecular complexity index is 957. The molecule has 31 heavy (non-hydrogen) atoms. The minimum Gasteiger partial charge on any atom is -0.495 e. The van der Waals surface area contributed by atoms with E-state index >= 15 is 0 Å². The van der Waals surface area contributed by atoms with Gasteiger partial charge in [0, 0.05) is 26.2 Å². The van der Waals surface area contributed by atoms with Crippen molar-refractivity contribution in [1.82, 2.24) is 4.90 Å². The molecule has 8 heteroatoms. The van der Waals surface area contributed by atoms with E-state index in [-0.39, 0.29) is 4.90 Å². The standard InChI is InChI=1S/C23H33N3O4S/c1-29-21-10-6-5-9-20(21)26-16-14-25(15-17-26)13-7-3-4-8-19-11-12-22(30-2)23(18-19)31(24,27)28/h5-6,9-12,18H,3-4,7-8,13-17H2,1-2H3,(H2,24,27,28). The minimum atomic E-state index is -3.79. The predicted molar refractivity (Wildman–Crippen MR) is 124 cm³/mol. The van der Waals surface area contributed by atoms with E-state index in [1.54, 1.807) is 19.2 Å². The second-order valence-electron chi connectivity index (χ2n) is 7.84. The molecule has 2 N–H and O–H groups in total. The number of anilines is 1. The molecule has 0 atom stereocenters. The molecule has 0 saturated carbocycles. The van der Waals surface area contributed by atoms with Gasteiger partial charge in [0.25, 0.3) is 0 Å². The number of hydrogen-bond acceptors (Lipinski definition) is 6. The van der Waals surface area contributed by atoms with Gasteiger partial charge in [0.2, 0.25) is 10.0 Å². The molecule has 1 aliphatic rings. The summed E-state index contributed by atoms with van der Waals surface area (Å²) in [6, 6.07) is 13.4. The molecule has 170 valence electrons. The van der Waals surface area contributed by atoms with Gasteiger partial charge in [-0.15, -0.1) is 0 Å². The zero-order valence-corrected chi connectivity index (χ0v) is 19.2. The maximum absolute atomic E-state index is 11.7. The molecule has 0 spiro atoms. The molecule has 0 aromatic heterocycles. The van der Waals surface area contributed by atoms with Gasteiger partial charge in [-0.1, -0.05) is 24.6 Å². The zero-order valence-electron chi connectivity index (χ0n) is 18.4. The van der Waals surface area contributed by atoms with Crippen LogP contribution in [0.2, 0.25) is 0 Å². The maximum Gasteiger partial charge on any atom is 0.241 e. The molecule has 0 unspecified atom stereocenters. The van der Waals surface area contributed by atoms with E-state index in [2.05, 4.69) is 21.9 Å². The van der Waals surface area contributed by atoms with Crippen molar-refractivity contribution in [1.29, 1.82) is 0 Å². The zero-order chi connectivity index (χ0) is 22.3. The normalized spacial score (nSPS) is 15.1. The van der Waals surface area contributed by atoms with Crippen LogP contribution >= 0.6 is 0 Å². The van der Waals surface area contributed by atoms with Crippen LogP contribution in [-0.4, -0.2) is 60.3 Å². The van der Waals surface area contributed by atoms with Crippen molar-refractivity contribution in [2.75, 3.05) is 51.8 Å². The number of ether oxygens (including phenoxy) is 2. The Kier molecular flexibility index (Phi) is 8.17. The van der Waals surface area contributed by atoms with Crippen LogP contribution in [0.3, 0.4) is 0 Å². The SMILES string of the molecule is COc1ccccc1N1CCN(CCCCCc2ccc(OC)c(S(N)(=O)=O)c2)CC1. The second kappa shape index (κ2) is 10.8. The average Bonchev–Trinajstić information content (AvgIpc) is 2.78. The van der Waals surface area contributed by atoms with E-state index in [1.807, 2.05) is 18.2 Å². The van der Waals surface area contributed by atoms with Crippen LogP contribution in [0.15, 0.2) is 47.4 Å². The summed E-state index contributed by atoms with van der Waals surface area (Å²) < 4.78 is 34.1. The van der Waals surface area contributed by atoms with Gasteiger partial charge in [-0.25, -0.2) is 13.6 Å². The molecule has 1 aliphatic heterocycles. The van der Waals surface area contributed by atoms with Crippen molar-refractivity contribution in [3.63, 3.8) is 0 Å². The number of sulfonamides is 1. The Morgan fingerprint density at radius 3 is 2.29 bits per heavy atom. The number of hydrogen-bond donors (Lipinski definition) is 1. The third-order valence-electron chi connectivity index (χ3n) is 5.77. The number of aryl methyl sites for hydroxylation is 1. The van der Waals surface area contributed by atoms with Crippen LogP contribution in [-0.2, 0) is 16.4 Å². The Hall–Kier alpha value is -2.29. The maximum atomic E-state index is 11.7. The largest absolute Gasteiger partial charge is 0.495 e. The van der Waals surface area contributed by atoms with Crippen molar-refractivity contribution in [3.8, 4) is 11.5 Å². The summed E-state index contributed by atoms with van der Waals surface area (Å²) in [5.41, 5.74) is 2.14. The van der Waals surface area contributed by atoms with Crippen LogP contribution in [0.25, 0.3) is 0 Å². The molecule has 0 amide bonds. The number of unbranched alkanes of at least 4 members (excludes halogenated alkanes) is 2. The van der Waals surface area contributed by atoms with Crippen molar-refractivity contribution >= 4 is 15.7 Å². The van der Waals surface area contributed by atoms with Gasteiger partial charge in [-0.2, -0.15) is 0 Å². The summed E-state index contributed by atoms with van der Waals surface area (Å²) in [4.78, 5) is 4.96. The highest BCUT2D eigenvalue weighted by atomic mass is 32.2. The number of nitrogens with zero attached hydrogens (tertiary/aromatic N) is 2. The van der Waals surface area contributed by atoms with Gasteiger partial charge in [-0.05, 0) is 55.6 Å². The predicted octanol–water partition coefficient (Wildman–Crippen LogP) is 2.89. The van der Waals surface area contributed by atoms with E-state index in [0.29, 0.717) is 5.75 Å².